The summed E-state index contributed by atoms with van der Waals surface area (Å²) in [6, 6.07) is 15.4. The third-order valence-corrected chi connectivity index (χ3v) is 5.72. The third-order valence-electron chi connectivity index (χ3n) is 5.72. The number of benzene rings is 1. The molecule has 0 fully saturated rings. The number of hydrogen-bond acceptors (Lipinski definition) is 5. The van der Waals surface area contributed by atoms with Gasteiger partial charge in [-0.1, -0.05) is 36.4 Å². The Morgan fingerprint density at radius 3 is 2.77 bits per heavy atom. The van der Waals surface area contributed by atoms with Crippen LogP contribution in [0.2, 0.25) is 0 Å². The summed E-state index contributed by atoms with van der Waals surface area (Å²) in [7, 11) is 0. The van der Waals surface area contributed by atoms with Gasteiger partial charge in [-0.2, -0.15) is 0 Å². The van der Waals surface area contributed by atoms with Crippen LogP contribution in [0.3, 0.4) is 0 Å². The van der Waals surface area contributed by atoms with Crippen LogP contribution in [0, 0.1) is 0 Å². The van der Waals surface area contributed by atoms with Crippen molar-refractivity contribution >= 4 is 11.6 Å². The SMILES string of the molecule is O=C(NC1CCc2nnc(Cc3ccccc3)n2CC1)c1cnc2ccccn2c1=O. The van der Waals surface area contributed by atoms with E-state index in [9.17, 15) is 9.59 Å². The second-order valence-corrected chi connectivity index (χ2v) is 7.75. The van der Waals surface area contributed by atoms with Gasteiger partial charge in [0.25, 0.3) is 11.5 Å². The van der Waals surface area contributed by atoms with E-state index in [2.05, 4.69) is 37.2 Å². The normalized spacial score (nSPS) is 15.9. The lowest BCUT2D eigenvalue weighted by Gasteiger charge is -2.16. The summed E-state index contributed by atoms with van der Waals surface area (Å²) in [5, 5.41) is 11.8. The number of nitrogens with zero attached hydrogens (tertiary/aromatic N) is 5. The maximum Gasteiger partial charge on any atom is 0.270 e. The number of fused-ring (bicyclic) bond motifs is 2. The minimum Gasteiger partial charge on any atom is -0.349 e. The zero-order chi connectivity index (χ0) is 21.2. The number of amides is 1. The van der Waals surface area contributed by atoms with Gasteiger partial charge >= 0.3 is 0 Å². The fourth-order valence-electron chi connectivity index (χ4n) is 4.05. The second-order valence-electron chi connectivity index (χ2n) is 7.75. The van der Waals surface area contributed by atoms with Crippen LogP contribution in [0.4, 0.5) is 0 Å². The number of carbonyl (C=O) groups is 1. The molecule has 0 spiro atoms. The van der Waals surface area contributed by atoms with Gasteiger partial charge in [0.1, 0.15) is 22.9 Å². The lowest BCUT2D eigenvalue weighted by Crippen LogP contribution is -2.38. The zero-order valence-electron chi connectivity index (χ0n) is 16.9. The Kier molecular flexibility index (Phi) is 5.03. The van der Waals surface area contributed by atoms with Crippen molar-refractivity contribution in [3.63, 3.8) is 0 Å². The van der Waals surface area contributed by atoms with Crippen molar-refractivity contribution in [2.75, 3.05) is 0 Å². The summed E-state index contributed by atoms with van der Waals surface area (Å²) >= 11 is 0. The van der Waals surface area contributed by atoms with Crippen LogP contribution >= 0.6 is 0 Å². The molecule has 156 valence electrons. The van der Waals surface area contributed by atoms with Gasteiger partial charge < -0.3 is 9.88 Å². The summed E-state index contributed by atoms with van der Waals surface area (Å²) in [5.74, 6) is 1.49. The molecule has 1 aliphatic rings. The molecular weight excluding hydrogens is 392 g/mol. The molecule has 1 atom stereocenters. The first-order valence-corrected chi connectivity index (χ1v) is 10.4. The Labute approximate surface area is 178 Å². The largest absolute Gasteiger partial charge is 0.349 e. The van der Waals surface area contributed by atoms with Gasteiger partial charge in [0.15, 0.2) is 0 Å². The van der Waals surface area contributed by atoms with Gasteiger partial charge in [0.2, 0.25) is 0 Å². The van der Waals surface area contributed by atoms with E-state index in [1.54, 1.807) is 24.4 Å². The second kappa shape index (κ2) is 8.14. The topological polar surface area (TPSA) is 94.2 Å². The fraction of sp³-hybridized carbons (Fsp3) is 0.261. The van der Waals surface area contributed by atoms with E-state index in [0.29, 0.717) is 5.65 Å². The van der Waals surface area contributed by atoms with Gasteiger partial charge in [-0.05, 0) is 30.5 Å². The van der Waals surface area contributed by atoms with E-state index in [4.69, 9.17) is 0 Å². The summed E-state index contributed by atoms with van der Waals surface area (Å²) < 4.78 is 3.55. The molecule has 1 aliphatic heterocycles. The van der Waals surface area contributed by atoms with Crippen LogP contribution in [-0.2, 0) is 19.4 Å². The van der Waals surface area contributed by atoms with E-state index >= 15 is 0 Å². The molecule has 0 aliphatic carbocycles. The van der Waals surface area contributed by atoms with Gasteiger partial charge in [-0.3, -0.25) is 14.0 Å². The molecule has 8 nitrogen and oxygen atoms in total. The lowest BCUT2D eigenvalue weighted by molar-refractivity contribution is 0.0931. The summed E-state index contributed by atoms with van der Waals surface area (Å²) in [4.78, 5) is 29.7. The molecule has 1 unspecified atom stereocenters. The Morgan fingerprint density at radius 1 is 1.06 bits per heavy atom. The maximum absolute atomic E-state index is 12.8. The quantitative estimate of drug-likeness (QED) is 0.551. The third kappa shape index (κ3) is 3.84. The van der Waals surface area contributed by atoms with Crippen molar-refractivity contribution in [1.29, 1.82) is 0 Å². The van der Waals surface area contributed by atoms with Crippen LogP contribution in [0.1, 0.15) is 40.4 Å². The minimum atomic E-state index is -0.386. The van der Waals surface area contributed by atoms with E-state index in [1.807, 2.05) is 18.2 Å². The smallest absolute Gasteiger partial charge is 0.270 e. The monoisotopic (exact) mass is 414 g/mol. The highest BCUT2D eigenvalue weighted by atomic mass is 16.2. The highest BCUT2D eigenvalue weighted by molar-refractivity contribution is 5.93. The molecule has 4 heterocycles. The molecule has 0 radical (unpaired) electrons. The highest BCUT2D eigenvalue weighted by Crippen LogP contribution is 2.17. The van der Waals surface area contributed by atoms with Crippen LogP contribution in [0.15, 0.2) is 65.7 Å². The van der Waals surface area contributed by atoms with E-state index in [0.717, 1.165) is 43.9 Å². The molecule has 1 aromatic carbocycles. The zero-order valence-corrected chi connectivity index (χ0v) is 16.9. The molecule has 4 aromatic rings. The lowest BCUT2D eigenvalue weighted by atomic mass is 10.1. The molecule has 5 rings (SSSR count). The van der Waals surface area contributed by atoms with E-state index in [1.165, 1.54) is 16.2 Å². The summed E-state index contributed by atoms with van der Waals surface area (Å²) in [6.45, 7) is 0.727. The highest BCUT2D eigenvalue weighted by Gasteiger charge is 2.23. The van der Waals surface area contributed by atoms with Gasteiger partial charge in [0, 0.05) is 37.8 Å². The average Bonchev–Trinajstić information content (AvgIpc) is 3.06. The number of rotatable bonds is 4. The predicted octanol–water partition coefficient (Wildman–Crippen LogP) is 2.01. The van der Waals surface area contributed by atoms with Crippen molar-refractivity contribution in [2.24, 2.45) is 0 Å². The molecule has 31 heavy (non-hydrogen) atoms. The Morgan fingerprint density at radius 2 is 1.90 bits per heavy atom. The number of nitrogens with one attached hydrogen (secondary N) is 1. The van der Waals surface area contributed by atoms with Crippen molar-refractivity contribution in [1.82, 2.24) is 29.5 Å². The minimum absolute atomic E-state index is 0.0466. The van der Waals surface area contributed by atoms with E-state index < -0.39 is 0 Å². The van der Waals surface area contributed by atoms with Crippen molar-refractivity contribution in [3.05, 3.63) is 94.1 Å². The Balaban J connectivity index is 1.29. The fourth-order valence-corrected chi connectivity index (χ4v) is 4.05. The molecule has 3 aromatic heterocycles. The van der Waals surface area contributed by atoms with Crippen LogP contribution in [0.5, 0.6) is 0 Å². The maximum atomic E-state index is 12.8. The van der Waals surface area contributed by atoms with Crippen molar-refractivity contribution in [3.8, 4) is 0 Å². The molecule has 1 N–H and O–H groups in total. The number of pyridine rings is 1. The molecule has 8 heteroatoms. The van der Waals surface area contributed by atoms with Crippen molar-refractivity contribution in [2.45, 2.75) is 38.3 Å². The first kappa shape index (κ1) is 19.2. The van der Waals surface area contributed by atoms with Crippen LogP contribution < -0.4 is 10.9 Å². The first-order chi connectivity index (χ1) is 15.2. The number of aryl methyl sites for hydroxylation is 1. The molecule has 0 saturated heterocycles. The van der Waals surface area contributed by atoms with E-state index in [-0.39, 0.29) is 23.1 Å². The molecule has 0 bridgehead atoms. The van der Waals surface area contributed by atoms with Gasteiger partial charge in [-0.15, -0.1) is 10.2 Å². The Bertz CT molecular complexity index is 1290. The summed E-state index contributed by atoms with van der Waals surface area (Å²) in [5.41, 5.74) is 1.40. The molecular formula is C23H22N6O2. The number of hydrogen-bond donors (Lipinski definition) is 1. The van der Waals surface area contributed by atoms with Crippen LogP contribution in [0.25, 0.3) is 5.65 Å². The van der Waals surface area contributed by atoms with Gasteiger partial charge in [-0.25, -0.2) is 4.98 Å². The predicted molar refractivity (Wildman–Crippen MR) is 115 cm³/mol. The molecule has 1 amide bonds. The molecule has 0 saturated carbocycles. The first-order valence-electron chi connectivity index (χ1n) is 10.4. The summed E-state index contributed by atoms with van der Waals surface area (Å²) in [6.07, 6.45) is 5.93. The van der Waals surface area contributed by atoms with Crippen LogP contribution in [-0.4, -0.2) is 36.1 Å². The average molecular weight is 414 g/mol. The Hall–Kier alpha value is -3.81. The van der Waals surface area contributed by atoms with Crippen molar-refractivity contribution < 1.29 is 4.79 Å². The standard InChI is InChI=1S/C23H22N6O2/c30-22(18-15-24-19-8-4-5-12-29(19)23(18)31)25-17-9-10-20-26-27-21(28(20)13-11-17)14-16-6-2-1-3-7-16/h1-8,12,15,17H,9-11,13-14H2,(H,25,30). The van der Waals surface area contributed by atoms with Gasteiger partial charge in [0.05, 0.1) is 0 Å². The number of carbonyl (C=O) groups excluding carboxylic acids is 1. The number of aromatic nitrogens is 5.